The number of carbonyl (C=O) groups is 1. The molecule has 0 saturated heterocycles. The minimum absolute atomic E-state index is 0.297. The second kappa shape index (κ2) is 8.11. The SMILES string of the molecule is COC1CCC(N(C)C(=O)CCCc2cc(C)sc2C)CC1. The summed E-state index contributed by atoms with van der Waals surface area (Å²) in [5, 5.41) is 0. The van der Waals surface area contributed by atoms with Crippen molar-refractivity contribution < 1.29 is 9.53 Å². The molecule has 1 aromatic heterocycles. The van der Waals surface area contributed by atoms with E-state index in [2.05, 4.69) is 19.9 Å². The second-order valence-electron chi connectivity index (χ2n) is 6.46. The lowest BCUT2D eigenvalue weighted by Crippen LogP contribution is -2.40. The zero-order chi connectivity index (χ0) is 16.1. The Balaban J connectivity index is 1.74. The van der Waals surface area contributed by atoms with Crippen LogP contribution in [0.2, 0.25) is 0 Å². The van der Waals surface area contributed by atoms with Crippen LogP contribution in [0.25, 0.3) is 0 Å². The molecule has 1 saturated carbocycles. The fourth-order valence-electron chi connectivity index (χ4n) is 3.41. The summed E-state index contributed by atoms with van der Waals surface area (Å²) in [4.78, 5) is 17.1. The summed E-state index contributed by atoms with van der Waals surface area (Å²) in [5.41, 5.74) is 1.42. The van der Waals surface area contributed by atoms with E-state index >= 15 is 0 Å². The van der Waals surface area contributed by atoms with Crippen LogP contribution in [-0.2, 0) is 16.0 Å². The van der Waals surface area contributed by atoms with Crippen LogP contribution in [-0.4, -0.2) is 37.1 Å². The van der Waals surface area contributed by atoms with E-state index < -0.39 is 0 Å². The third kappa shape index (κ3) is 4.56. The first-order valence-corrected chi connectivity index (χ1v) is 9.17. The lowest BCUT2D eigenvalue weighted by molar-refractivity contribution is -0.133. The lowest BCUT2D eigenvalue weighted by Gasteiger charge is -2.34. The molecule has 2 rings (SSSR count). The average molecular weight is 324 g/mol. The van der Waals surface area contributed by atoms with Crippen molar-refractivity contribution in [2.45, 2.75) is 70.9 Å². The van der Waals surface area contributed by atoms with Gasteiger partial charge in [0.1, 0.15) is 0 Å². The van der Waals surface area contributed by atoms with E-state index in [-0.39, 0.29) is 0 Å². The van der Waals surface area contributed by atoms with Gasteiger partial charge < -0.3 is 9.64 Å². The quantitative estimate of drug-likeness (QED) is 0.788. The van der Waals surface area contributed by atoms with Crippen molar-refractivity contribution in [1.82, 2.24) is 4.90 Å². The van der Waals surface area contributed by atoms with Crippen LogP contribution >= 0.6 is 11.3 Å². The summed E-state index contributed by atoms with van der Waals surface area (Å²) in [6.45, 7) is 4.33. The van der Waals surface area contributed by atoms with Crippen LogP contribution in [0.3, 0.4) is 0 Å². The number of rotatable bonds is 6. The highest BCUT2D eigenvalue weighted by Gasteiger charge is 2.26. The summed E-state index contributed by atoms with van der Waals surface area (Å²) in [5.74, 6) is 0.297. The third-order valence-electron chi connectivity index (χ3n) is 4.90. The van der Waals surface area contributed by atoms with E-state index in [9.17, 15) is 4.79 Å². The molecular weight excluding hydrogens is 294 g/mol. The van der Waals surface area contributed by atoms with E-state index in [1.165, 1.54) is 15.3 Å². The summed E-state index contributed by atoms with van der Waals surface area (Å²) >= 11 is 1.85. The van der Waals surface area contributed by atoms with Crippen LogP contribution in [0.1, 0.15) is 53.8 Å². The Hall–Kier alpha value is -0.870. The first-order valence-electron chi connectivity index (χ1n) is 8.35. The smallest absolute Gasteiger partial charge is 0.222 e. The molecule has 0 radical (unpaired) electrons. The number of hydrogen-bond acceptors (Lipinski definition) is 3. The van der Waals surface area contributed by atoms with Gasteiger partial charge in [0.2, 0.25) is 5.91 Å². The molecular formula is C18H29NO2S. The first kappa shape index (κ1) is 17.5. The van der Waals surface area contributed by atoms with Gasteiger partial charge in [0.15, 0.2) is 0 Å². The predicted molar refractivity (Wildman–Crippen MR) is 92.6 cm³/mol. The molecule has 1 heterocycles. The van der Waals surface area contributed by atoms with Crippen LogP contribution < -0.4 is 0 Å². The Morgan fingerprint density at radius 3 is 2.55 bits per heavy atom. The van der Waals surface area contributed by atoms with Crippen LogP contribution in [0, 0.1) is 13.8 Å². The van der Waals surface area contributed by atoms with Gasteiger partial charge in [-0.2, -0.15) is 0 Å². The molecule has 1 aliphatic rings. The normalized spacial score (nSPS) is 21.8. The number of nitrogens with zero attached hydrogens (tertiary/aromatic N) is 1. The molecule has 1 amide bonds. The maximum atomic E-state index is 12.4. The van der Waals surface area contributed by atoms with Gasteiger partial charge in [0.25, 0.3) is 0 Å². The van der Waals surface area contributed by atoms with Gasteiger partial charge in [-0.3, -0.25) is 4.79 Å². The monoisotopic (exact) mass is 323 g/mol. The average Bonchev–Trinajstić information content (AvgIpc) is 2.84. The summed E-state index contributed by atoms with van der Waals surface area (Å²) in [6, 6.07) is 2.67. The molecule has 0 unspecified atom stereocenters. The molecule has 124 valence electrons. The topological polar surface area (TPSA) is 29.5 Å². The zero-order valence-corrected chi connectivity index (χ0v) is 15.2. The van der Waals surface area contributed by atoms with Crippen molar-refractivity contribution in [1.29, 1.82) is 0 Å². The third-order valence-corrected chi connectivity index (χ3v) is 5.91. The molecule has 0 spiro atoms. The molecule has 1 aliphatic carbocycles. The maximum absolute atomic E-state index is 12.4. The molecule has 1 aromatic rings. The molecule has 0 N–H and O–H groups in total. The Labute approximate surface area is 138 Å². The van der Waals surface area contributed by atoms with Crippen LogP contribution in [0.5, 0.6) is 0 Å². The second-order valence-corrected chi connectivity index (χ2v) is 7.92. The van der Waals surface area contributed by atoms with Gasteiger partial charge in [0.05, 0.1) is 6.10 Å². The minimum Gasteiger partial charge on any atom is -0.381 e. The van der Waals surface area contributed by atoms with Gasteiger partial charge >= 0.3 is 0 Å². The van der Waals surface area contributed by atoms with E-state index in [0.717, 1.165) is 38.5 Å². The molecule has 0 aliphatic heterocycles. The molecule has 1 fully saturated rings. The standard InChI is InChI=1S/C18H29NO2S/c1-13-12-15(14(2)22-13)6-5-7-18(20)19(3)16-8-10-17(21-4)11-9-16/h12,16-17H,5-11H2,1-4H3. The molecule has 0 bridgehead atoms. The van der Waals surface area contributed by atoms with Crippen LogP contribution in [0.15, 0.2) is 6.07 Å². The Kier molecular flexibility index (Phi) is 6.45. The Bertz CT molecular complexity index is 489. The fraction of sp³-hybridized carbons (Fsp3) is 0.722. The van der Waals surface area contributed by atoms with Gasteiger partial charge in [-0.1, -0.05) is 0 Å². The number of amides is 1. The van der Waals surface area contributed by atoms with E-state index in [1.807, 2.05) is 23.3 Å². The summed E-state index contributed by atoms with van der Waals surface area (Å²) in [7, 11) is 3.76. The number of aryl methyl sites for hydroxylation is 3. The van der Waals surface area contributed by atoms with Crippen molar-refractivity contribution in [3.8, 4) is 0 Å². The van der Waals surface area contributed by atoms with E-state index in [4.69, 9.17) is 4.74 Å². The fourth-order valence-corrected chi connectivity index (χ4v) is 4.39. The molecule has 0 aromatic carbocycles. The first-order chi connectivity index (χ1) is 10.5. The summed E-state index contributed by atoms with van der Waals surface area (Å²) in [6.07, 6.45) is 7.32. The van der Waals surface area contributed by atoms with Crippen molar-refractivity contribution in [2.75, 3.05) is 14.2 Å². The van der Waals surface area contributed by atoms with Crippen molar-refractivity contribution in [2.24, 2.45) is 0 Å². The lowest BCUT2D eigenvalue weighted by atomic mass is 9.92. The van der Waals surface area contributed by atoms with E-state index in [0.29, 0.717) is 24.5 Å². The number of thiophene rings is 1. The number of hydrogen-bond donors (Lipinski definition) is 0. The van der Waals surface area contributed by atoms with Crippen molar-refractivity contribution >= 4 is 17.2 Å². The van der Waals surface area contributed by atoms with Gasteiger partial charge in [-0.05, 0) is 64.0 Å². The van der Waals surface area contributed by atoms with E-state index in [1.54, 1.807) is 7.11 Å². The largest absolute Gasteiger partial charge is 0.381 e. The maximum Gasteiger partial charge on any atom is 0.222 e. The highest BCUT2D eigenvalue weighted by atomic mass is 32.1. The number of methoxy groups -OCH3 is 1. The molecule has 22 heavy (non-hydrogen) atoms. The van der Waals surface area contributed by atoms with Gasteiger partial charge in [0, 0.05) is 36.4 Å². The predicted octanol–water partition coefficient (Wildman–Crippen LogP) is 4.10. The number of ether oxygens (including phenoxy) is 1. The number of carbonyl (C=O) groups excluding carboxylic acids is 1. The summed E-state index contributed by atoms with van der Waals surface area (Å²) < 4.78 is 5.40. The minimum atomic E-state index is 0.297. The highest BCUT2D eigenvalue weighted by Crippen LogP contribution is 2.25. The zero-order valence-electron chi connectivity index (χ0n) is 14.4. The molecule has 0 atom stereocenters. The Morgan fingerprint density at radius 1 is 1.32 bits per heavy atom. The molecule has 4 heteroatoms. The Morgan fingerprint density at radius 2 is 2.00 bits per heavy atom. The van der Waals surface area contributed by atoms with Crippen molar-refractivity contribution in [3.63, 3.8) is 0 Å². The molecule has 3 nitrogen and oxygen atoms in total. The van der Waals surface area contributed by atoms with Gasteiger partial charge in [-0.15, -0.1) is 11.3 Å². The van der Waals surface area contributed by atoms with Gasteiger partial charge in [-0.25, -0.2) is 0 Å². The van der Waals surface area contributed by atoms with Crippen molar-refractivity contribution in [3.05, 3.63) is 21.4 Å². The van der Waals surface area contributed by atoms with Crippen LogP contribution in [0.4, 0.5) is 0 Å². The highest BCUT2D eigenvalue weighted by molar-refractivity contribution is 7.12.